The number of amides is 1. The van der Waals surface area contributed by atoms with E-state index in [1.807, 2.05) is 4.90 Å². The lowest BCUT2D eigenvalue weighted by molar-refractivity contribution is -0.131. The van der Waals surface area contributed by atoms with Gasteiger partial charge in [0.25, 0.3) is 0 Å². The maximum absolute atomic E-state index is 12.3. The van der Waals surface area contributed by atoms with E-state index in [4.69, 9.17) is 4.74 Å². The molecule has 1 N–H and O–H groups in total. The number of aryl methyl sites for hydroxylation is 1. The van der Waals surface area contributed by atoms with Crippen molar-refractivity contribution in [2.45, 2.75) is 38.8 Å². The van der Waals surface area contributed by atoms with E-state index in [0.717, 1.165) is 25.8 Å². The Morgan fingerprint density at radius 3 is 2.52 bits per heavy atom. The van der Waals surface area contributed by atoms with Crippen LogP contribution in [0.4, 0.5) is 0 Å². The van der Waals surface area contributed by atoms with Gasteiger partial charge in [-0.1, -0.05) is 31.2 Å². The van der Waals surface area contributed by atoms with Gasteiger partial charge in [0.1, 0.15) is 0 Å². The number of nitrogens with one attached hydrogen (secondary N) is 1. The van der Waals surface area contributed by atoms with Crippen LogP contribution in [0.3, 0.4) is 0 Å². The molecule has 116 valence electrons. The van der Waals surface area contributed by atoms with Crippen molar-refractivity contribution in [3.05, 3.63) is 35.4 Å². The van der Waals surface area contributed by atoms with E-state index in [9.17, 15) is 4.79 Å². The first-order chi connectivity index (χ1) is 10.2. The predicted molar refractivity (Wildman–Crippen MR) is 84.1 cm³/mol. The Morgan fingerprint density at radius 2 is 1.95 bits per heavy atom. The third-order valence-corrected chi connectivity index (χ3v) is 3.85. The molecule has 4 heteroatoms. The minimum absolute atomic E-state index is 0.188. The van der Waals surface area contributed by atoms with Gasteiger partial charge in [-0.25, -0.2) is 0 Å². The molecule has 0 atom stereocenters. The van der Waals surface area contributed by atoms with Crippen LogP contribution < -0.4 is 5.32 Å². The molecule has 1 aliphatic carbocycles. The first-order valence-electron chi connectivity index (χ1n) is 7.81. The number of nitrogens with zero attached hydrogens (tertiary/aromatic N) is 1. The summed E-state index contributed by atoms with van der Waals surface area (Å²) in [5.41, 5.74) is 2.55. The number of ether oxygens (including phenoxy) is 1. The number of hydrogen-bond donors (Lipinski definition) is 1. The van der Waals surface area contributed by atoms with Crippen LogP contribution in [0.1, 0.15) is 30.9 Å². The fourth-order valence-electron chi connectivity index (χ4n) is 2.36. The van der Waals surface area contributed by atoms with Crippen molar-refractivity contribution in [1.82, 2.24) is 10.2 Å². The van der Waals surface area contributed by atoms with Crippen LogP contribution in [0.2, 0.25) is 0 Å². The van der Waals surface area contributed by atoms with Gasteiger partial charge < -0.3 is 15.0 Å². The summed E-state index contributed by atoms with van der Waals surface area (Å²) in [6, 6.07) is 9.02. The van der Waals surface area contributed by atoms with Crippen LogP contribution in [-0.2, 0) is 22.5 Å². The van der Waals surface area contributed by atoms with Crippen LogP contribution in [-0.4, -0.2) is 43.7 Å². The lowest BCUT2D eigenvalue weighted by Crippen LogP contribution is -2.40. The topological polar surface area (TPSA) is 41.6 Å². The van der Waals surface area contributed by atoms with Gasteiger partial charge in [0.15, 0.2) is 0 Å². The molecule has 0 saturated heterocycles. The van der Waals surface area contributed by atoms with E-state index >= 15 is 0 Å². The molecule has 1 amide bonds. The lowest BCUT2D eigenvalue weighted by Gasteiger charge is -2.23. The van der Waals surface area contributed by atoms with E-state index < -0.39 is 0 Å². The van der Waals surface area contributed by atoms with Crippen LogP contribution in [0.25, 0.3) is 0 Å². The number of rotatable bonds is 9. The third-order valence-electron chi connectivity index (χ3n) is 3.85. The Hall–Kier alpha value is -1.39. The second-order valence-electron chi connectivity index (χ2n) is 5.59. The van der Waals surface area contributed by atoms with Crippen molar-refractivity contribution in [3.63, 3.8) is 0 Å². The van der Waals surface area contributed by atoms with Crippen molar-refractivity contribution >= 4 is 5.91 Å². The highest BCUT2D eigenvalue weighted by Gasteiger charge is 2.32. The van der Waals surface area contributed by atoms with Gasteiger partial charge in [0, 0.05) is 26.2 Å². The quantitative estimate of drug-likeness (QED) is 0.707. The maximum atomic E-state index is 12.3. The predicted octanol–water partition coefficient (Wildman–Crippen LogP) is 1.98. The highest BCUT2D eigenvalue weighted by atomic mass is 16.5. The number of methoxy groups -OCH3 is 1. The van der Waals surface area contributed by atoms with E-state index in [0.29, 0.717) is 25.7 Å². The number of hydrogen-bond acceptors (Lipinski definition) is 3. The molecule has 4 nitrogen and oxygen atoms in total. The Bertz CT molecular complexity index is 441. The molecule has 1 saturated carbocycles. The van der Waals surface area contributed by atoms with Crippen molar-refractivity contribution in [3.8, 4) is 0 Å². The second kappa shape index (κ2) is 8.15. The zero-order chi connectivity index (χ0) is 15.1. The monoisotopic (exact) mass is 290 g/mol. The summed E-state index contributed by atoms with van der Waals surface area (Å²) in [7, 11) is 1.67. The van der Waals surface area contributed by atoms with Gasteiger partial charge in [-0.15, -0.1) is 0 Å². The summed E-state index contributed by atoms with van der Waals surface area (Å²) >= 11 is 0. The molecule has 1 aromatic carbocycles. The molecule has 21 heavy (non-hydrogen) atoms. The van der Waals surface area contributed by atoms with Crippen molar-refractivity contribution in [2.75, 3.05) is 26.8 Å². The van der Waals surface area contributed by atoms with E-state index in [1.165, 1.54) is 11.1 Å². The summed E-state index contributed by atoms with van der Waals surface area (Å²) < 4.78 is 4.97. The standard InChI is InChI=1S/C17H26N2O2/c1-3-14-4-6-15(7-5-14)13-19(16-8-9-16)17(20)12-18-10-11-21-2/h4-7,16,18H,3,8-13H2,1-2H3. The molecule has 0 aromatic heterocycles. The van der Waals surface area contributed by atoms with E-state index in [-0.39, 0.29) is 5.91 Å². The van der Waals surface area contributed by atoms with E-state index in [2.05, 4.69) is 36.5 Å². The summed E-state index contributed by atoms with van der Waals surface area (Å²) in [6.45, 7) is 4.62. The molecule has 0 bridgehead atoms. The summed E-state index contributed by atoms with van der Waals surface area (Å²) in [5.74, 6) is 0.188. The average Bonchev–Trinajstić information content (AvgIpc) is 3.34. The highest BCUT2D eigenvalue weighted by Crippen LogP contribution is 2.28. The summed E-state index contributed by atoms with van der Waals surface area (Å²) in [4.78, 5) is 14.4. The van der Waals surface area contributed by atoms with Crippen LogP contribution >= 0.6 is 0 Å². The Kier molecular flexibility index (Phi) is 6.21. The van der Waals surface area contributed by atoms with Gasteiger partial charge in [0.05, 0.1) is 13.2 Å². The Morgan fingerprint density at radius 1 is 1.29 bits per heavy atom. The molecule has 1 aliphatic rings. The molecule has 0 unspecified atom stereocenters. The molecular weight excluding hydrogens is 264 g/mol. The smallest absolute Gasteiger partial charge is 0.237 e. The molecule has 0 spiro atoms. The molecule has 2 rings (SSSR count). The van der Waals surface area contributed by atoms with Gasteiger partial charge in [0.2, 0.25) is 5.91 Å². The Balaban J connectivity index is 1.87. The molecule has 1 aromatic rings. The second-order valence-corrected chi connectivity index (χ2v) is 5.59. The van der Waals surface area contributed by atoms with Gasteiger partial charge in [-0.3, -0.25) is 4.79 Å². The van der Waals surface area contributed by atoms with Crippen LogP contribution in [0, 0.1) is 0 Å². The third kappa shape index (κ3) is 5.14. The first kappa shape index (κ1) is 16.0. The molecule has 0 aliphatic heterocycles. The van der Waals surface area contributed by atoms with E-state index in [1.54, 1.807) is 7.11 Å². The minimum atomic E-state index is 0.188. The summed E-state index contributed by atoms with van der Waals surface area (Å²) in [5, 5.41) is 3.14. The number of carbonyl (C=O) groups is 1. The number of benzene rings is 1. The molecule has 1 fully saturated rings. The molecule has 0 radical (unpaired) electrons. The zero-order valence-electron chi connectivity index (χ0n) is 13.1. The lowest BCUT2D eigenvalue weighted by atomic mass is 10.1. The molecular formula is C17H26N2O2. The summed E-state index contributed by atoms with van der Waals surface area (Å²) in [6.07, 6.45) is 3.32. The van der Waals surface area contributed by atoms with Crippen molar-refractivity contribution in [2.24, 2.45) is 0 Å². The minimum Gasteiger partial charge on any atom is -0.383 e. The van der Waals surface area contributed by atoms with Crippen molar-refractivity contribution in [1.29, 1.82) is 0 Å². The maximum Gasteiger partial charge on any atom is 0.237 e. The van der Waals surface area contributed by atoms with Gasteiger partial charge in [-0.05, 0) is 30.4 Å². The van der Waals surface area contributed by atoms with Gasteiger partial charge >= 0.3 is 0 Å². The van der Waals surface area contributed by atoms with Crippen LogP contribution in [0.15, 0.2) is 24.3 Å². The fourth-order valence-corrected chi connectivity index (χ4v) is 2.36. The largest absolute Gasteiger partial charge is 0.383 e. The fraction of sp³-hybridized carbons (Fsp3) is 0.588. The molecule has 0 heterocycles. The first-order valence-corrected chi connectivity index (χ1v) is 7.81. The number of carbonyl (C=O) groups excluding carboxylic acids is 1. The van der Waals surface area contributed by atoms with Crippen LogP contribution in [0.5, 0.6) is 0 Å². The zero-order valence-corrected chi connectivity index (χ0v) is 13.1. The highest BCUT2D eigenvalue weighted by molar-refractivity contribution is 5.79. The Labute approximate surface area is 127 Å². The van der Waals surface area contributed by atoms with Crippen molar-refractivity contribution < 1.29 is 9.53 Å². The van der Waals surface area contributed by atoms with Gasteiger partial charge in [-0.2, -0.15) is 0 Å². The average molecular weight is 290 g/mol. The normalized spacial score (nSPS) is 14.2. The SMILES string of the molecule is CCc1ccc(CN(C(=O)CNCCOC)C2CC2)cc1.